The van der Waals surface area contributed by atoms with Crippen LogP contribution in [0.2, 0.25) is 0 Å². The van der Waals surface area contributed by atoms with Gasteiger partial charge in [0.25, 0.3) is 5.56 Å². The minimum Gasteiger partial charge on any atom is -0.366 e. The molecule has 0 radical (unpaired) electrons. The van der Waals surface area contributed by atoms with E-state index in [0.29, 0.717) is 16.3 Å². The van der Waals surface area contributed by atoms with Crippen molar-refractivity contribution in [2.24, 2.45) is 5.73 Å². The minimum atomic E-state index is -0.527. The molecular weight excluding hydrogens is 180 g/mol. The summed E-state index contributed by atoms with van der Waals surface area (Å²) in [6, 6.07) is 6.55. The van der Waals surface area contributed by atoms with E-state index in [0.717, 1.165) is 0 Å². The summed E-state index contributed by atoms with van der Waals surface area (Å²) in [5.74, 6) is -0.527. The Morgan fingerprint density at radius 2 is 2.00 bits per heavy atom. The number of hydrogen-bond donors (Lipinski definition) is 2. The fourth-order valence-electron chi connectivity index (χ4n) is 1.44. The molecule has 1 amide bonds. The normalized spacial score (nSPS) is 10.3. The van der Waals surface area contributed by atoms with Gasteiger partial charge in [0.2, 0.25) is 5.91 Å². The number of benzene rings is 1. The van der Waals surface area contributed by atoms with Gasteiger partial charge in [-0.15, -0.1) is 0 Å². The Kier molecular flexibility index (Phi) is 1.81. The molecule has 0 aliphatic heterocycles. The Balaban J connectivity index is 2.95. The van der Waals surface area contributed by atoms with Gasteiger partial charge in [0.15, 0.2) is 0 Å². The van der Waals surface area contributed by atoms with E-state index in [2.05, 4.69) is 4.98 Å². The van der Waals surface area contributed by atoms with Crippen LogP contribution in [-0.4, -0.2) is 10.9 Å². The van der Waals surface area contributed by atoms with Crippen LogP contribution in [0.25, 0.3) is 10.8 Å². The molecule has 4 nitrogen and oxygen atoms in total. The number of amides is 1. The van der Waals surface area contributed by atoms with E-state index in [9.17, 15) is 9.59 Å². The first kappa shape index (κ1) is 8.50. The monoisotopic (exact) mass is 188 g/mol. The first-order valence-corrected chi connectivity index (χ1v) is 4.10. The number of carbonyl (C=O) groups is 1. The Morgan fingerprint density at radius 1 is 1.21 bits per heavy atom. The average molecular weight is 188 g/mol. The summed E-state index contributed by atoms with van der Waals surface area (Å²) >= 11 is 0. The topological polar surface area (TPSA) is 76.0 Å². The first-order chi connectivity index (χ1) is 6.70. The third kappa shape index (κ3) is 1.17. The Labute approximate surface area is 79.4 Å². The maximum absolute atomic E-state index is 11.3. The van der Waals surface area contributed by atoms with Gasteiger partial charge >= 0.3 is 0 Å². The minimum absolute atomic E-state index is 0.217. The van der Waals surface area contributed by atoms with E-state index in [1.807, 2.05) is 0 Å². The van der Waals surface area contributed by atoms with Crippen LogP contribution in [0.1, 0.15) is 10.4 Å². The number of carbonyl (C=O) groups excluding carboxylic acids is 1. The van der Waals surface area contributed by atoms with Crippen LogP contribution < -0.4 is 11.3 Å². The maximum Gasteiger partial charge on any atom is 0.255 e. The van der Waals surface area contributed by atoms with Gasteiger partial charge in [-0.3, -0.25) is 9.59 Å². The molecule has 2 aromatic rings. The lowest BCUT2D eigenvalue weighted by molar-refractivity contribution is 0.100. The standard InChI is InChI=1S/C10H8N2O2/c11-9(13)7-2-1-3-8-6(7)4-5-12-10(8)14/h1-5H,(H2,11,13)(H,12,14). The van der Waals surface area contributed by atoms with Crippen molar-refractivity contribution < 1.29 is 4.79 Å². The Morgan fingerprint density at radius 3 is 2.71 bits per heavy atom. The van der Waals surface area contributed by atoms with Crippen molar-refractivity contribution in [2.45, 2.75) is 0 Å². The van der Waals surface area contributed by atoms with E-state index in [-0.39, 0.29) is 5.56 Å². The molecule has 4 heteroatoms. The number of nitrogens with one attached hydrogen (secondary N) is 1. The van der Waals surface area contributed by atoms with Crippen LogP contribution >= 0.6 is 0 Å². The molecular formula is C10H8N2O2. The lowest BCUT2D eigenvalue weighted by Crippen LogP contribution is -2.13. The summed E-state index contributed by atoms with van der Waals surface area (Å²) in [7, 11) is 0. The van der Waals surface area contributed by atoms with Gasteiger partial charge in [-0.25, -0.2) is 0 Å². The lowest BCUT2D eigenvalue weighted by atomic mass is 10.1. The number of hydrogen-bond acceptors (Lipinski definition) is 2. The van der Waals surface area contributed by atoms with Crippen molar-refractivity contribution in [2.75, 3.05) is 0 Å². The summed E-state index contributed by atoms with van der Waals surface area (Å²) in [4.78, 5) is 24.9. The molecule has 1 aromatic heterocycles. The smallest absolute Gasteiger partial charge is 0.255 e. The number of pyridine rings is 1. The molecule has 1 heterocycles. The third-order valence-corrected chi connectivity index (χ3v) is 2.08. The second-order valence-electron chi connectivity index (χ2n) is 2.94. The van der Waals surface area contributed by atoms with Crippen molar-refractivity contribution >= 4 is 16.7 Å². The van der Waals surface area contributed by atoms with E-state index in [1.54, 1.807) is 24.3 Å². The van der Waals surface area contributed by atoms with Crippen molar-refractivity contribution in [1.29, 1.82) is 0 Å². The third-order valence-electron chi connectivity index (χ3n) is 2.08. The zero-order valence-corrected chi connectivity index (χ0v) is 7.28. The highest BCUT2D eigenvalue weighted by Crippen LogP contribution is 2.13. The second kappa shape index (κ2) is 2.99. The quantitative estimate of drug-likeness (QED) is 0.688. The zero-order chi connectivity index (χ0) is 10.1. The fraction of sp³-hybridized carbons (Fsp3) is 0. The first-order valence-electron chi connectivity index (χ1n) is 4.10. The average Bonchev–Trinajstić information content (AvgIpc) is 2.17. The van der Waals surface area contributed by atoms with Crippen molar-refractivity contribution in [3.8, 4) is 0 Å². The predicted molar refractivity (Wildman–Crippen MR) is 53.1 cm³/mol. The molecule has 14 heavy (non-hydrogen) atoms. The number of aromatic amines is 1. The number of H-pyrrole nitrogens is 1. The molecule has 0 fully saturated rings. The van der Waals surface area contributed by atoms with Crippen LogP contribution in [0.4, 0.5) is 0 Å². The summed E-state index contributed by atoms with van der Waals surface area (Å²) in [6.45, 7) is 0. The van der Waals surface area contributed by atoms with Crippen molar-refractivity contribution in [1.82, 2.24) is 4.98 Å². The van der Waals surface area contributed by atoms with Crippen LogP contribution in [0.5, 0.6) is 0 Å². The largest absolute Gasteiger partial charge is 0.366 e. The number of aromatic nitrogens is 1. The molecule has 0 saturated heterocycles. The van der Waals surface area contributed by atoms with Gasteiger partial charge in [0.1, 0.15) is 0 Å². The van der Waals surface area contributed by atoms with Gasteiger partial charge < -0.3 is 10.7 Å². The van der Waals surface area contributed by atoms with Gasteiger partial charge in [0.05, 0.1) is 0 Å². The van der Waals surface area contributed by atoms with Crippen LogP contribution in [0.3, 0.4) is 0 Å². The number of primary amides is 1. The molecule has 0 spiro atoms. The summed E-state index contributed by atoms with van der Waals surface area (Å²) in [5.41, 5.74) is 5.33. The summed E-state index contributed by atoms with van der Waals surface area (Å²) in [5, 5.41) is 1.06. The molecule has 0 aliphatic carbocycles. The predicted octanol–water partition coefficient (Wildman–Crippen LogP) is 0.627. The molecule has 0 bridgehead atoms. The van der Waals surface area contributed by atoms with E-state index < -0.39 is 5.91 Å². The molecule has 70 valence electrons. The highest BCUT2D eigenvalue weighted by atomic mass is 16.1. The summed E-state index contributed by atoms with van der Waals surface area (Å²) in [6.07, 6.45) is 1.50. The van der Waals surface area contributed by atoms with E-state index >= 15 is 0 Å². The molecule has 0 saturated carbocycles. The van der Waals surface area contributed by atoms with Crippen LogP contribution in [0.15, 0.2) is 35.3 Å². The van der Waals surface area contributed by atoms with Gasteiger partial charge in [-0.2, -0.15) is 0 Å². The van der Waals surface area contributed by atoms with E-state index in [4.69, 9.17) is 5.73 Å². The Hall–Kier alpha value is -2.10. The lowest BCUT2D eigenvalue weighted by Gasteiger charge is -2.00. The van der Waals surface area contributed by atoms with Crippen LogP contribution in [-0.2, 0) is 0 Å². The molecule has 0 atom stereocenters. The molecule has 0 aliphatic rings. The molecule has 2 rings (SSSR count). The second-order valence-corrected chi connectivity index (χ2v) is 2.94. The Bertz CT molecular complexity index is 557. The highest BCUT2D eigenvalue weighted by Gasteiger charge is 2.06. The number of nitrogens with two attached hydrogens (primary N) is 1. The molecule has 0 unspecified atom stereocenters. The van der Waals surface area contributed by atoms with Gasteiger partial charge in [0, 0.05) is 22.5 Å². The van der Waals surface area contributed by atoms with Gasteiger partial charge in [-0.1, -0.05) is 6.07 Å². The van der Waals surface area contributed by atoms with Crippen molar-refractivity contribution in [3.63, 3.8) is 0 Å². The number of rotatable bonds is 1. The highest BCUT2D eigenvalue weighted by molar-refractivity contribution is 6.05. The van der Waals surface area contributed by atoms with Crippen LogP contribution in [0, 0.1) is 0 Å². The van der Waals surface area contributed by atoms with Gasteiger partial charge in [-0.05, 0) is 18.2 Å². The maximum atomic E-state index is 11.3. The SMILES string of the molecule is NC(=O)c1cccc2c(=O)[nH]ccc12. The summed E-state index contributed by atoms with van der Waals surface area (Å²) < 4.78 is 0. The molecule has 1 aromatic carbocycles. The number of fused-ring (bicyclic) bond motifs is 1. The zero-order valence-electron chi connectivity index (χ0n) is 7.28. The molecule has 3 N–H and O–H groups in total. The van der Waals surface area contributed by atoms with Crippen molar-refractivity contribution in [3.05, 3.63) is 46.4 Å². The van der Waals surface area contributed by atoms with E-state index in [1.165, 1.54) is 6.20 Å². The fourth-order valence-corrected chi connectivity index (χ4v) is 1.44.